The number of halogens is 1. The summed E-state index contributed by atoms with van der Waals surface area (Å²) >= 11 is 0. The lowest BCUT2D eigenvalue weighted by Gasteiger charge is -2.07. The molecule has 92 valence electrons. The number of carboxylic acids is 1. The highest BCUT2D eigenvalue weighted by molar-refractivity contribution is 5.94. The third-order valence-corrected chi connectivity index (χ3v) is 2.44. The molecule has 5 heteroatoms. The van der Waals surface area contributed by atoms with E-state index in [0.717, 1.165) is 0 Å². The lowest BCUT2D eigenvalue weighted by atomic mass is 10.0. The smallest absolute Gasteiger partial charge is 0.355 e. The fourth-order valence-corrected chi connectivity index (χ4v) is 1.58. The Labute approximate surface area is 103 Å². The summed E-state index contributed by atoms with van der Waals surface area (Å²) in [5.74, 6) is -1.32. The first-order chi connectivity index (χ1) is 8.61. The van der Waals surface area contributed by atoms with E-state index in [9.17, 15) is 9.18 Å². The van der Waals surface area contributed by atoms with Gasteiger partial charge in [0.2, 0.25) is 5.88 Å². The van der Waals surface area contributed by atoms with Gasteiger partial charge in [-0.15, -0.1) is 0 Å². The molecule has 0 aliphatic carbocycles. The molecule has 0 radical (unpaired) electrons. The molecule has 0 saturated heterocycles. The largest absolute Gasteiger partial charge is 0.481 e. The van der Waals surface area contributed by atoms with Crippen LogP contribution in [0.25, 0.3) is 11.1 Å². The first-order valence-electron chi connectivity index (χ1n) is 5.16. The number of ether oxygens (including phenoxy) is 1. The van der Waals surface area contributed by atoms with Crippen LogP contribution >= 0.6 is 0 Å². The van der Waals surface area contributed by atoms with Gasteiger partial charge in [0.05, 0.1) is 7.11 Å². The van der Waals surface area contributed by atoms with E-state index < -0.39 is 5.97 Å². The average molecular weight is 247 g/mol. The minimum atomic E-state index is -1.16. The van der Waals surface area contributed by atoms with Crippen LogP contribution < -0.4 is 4.74 Å². The number of nitrogens with zero attached hydrogens (tertiary/aromatic N) is 1. The molecule has 2 aromatic rings. The zero-order chi connectivity index (χ0) is 13.1. The van der Waals surface area contributed by atoms with E-state index >= 15 is 0 Å². The van der Waals surface area contributed by atoms with Crippen molar-refractivity contribution >= 4 is 5.97 Å². The minimum Gasteiger partial charge on any atom is -0.481 e. The predicted octanol–water partition coefficient (Wildman–Crippen LogP) is 2.59. The van der Waals surface area contributed by atoms with Gasteiger partial charge in [-0.3, -0.25) is 0 Å². The number of hydrogen-bond donors (Lipinski definition) is 1. The molecule has 2 rings (SSSR count). The molecular formula is C13H10FNO3. The SMILES string of the molecule is COc1ccc(-c2ccc(F)cc2)c(C(=O)O)n1. The maximum Gasteiger partial charge on any atom is 0.355 e. The van der Waals surface area contributed by atoms with Crippen molar-refractivity contribution in [1.82, 2.24) is 4.98 Å². The Balaban J connectivity index is 2.56. The van der Waals surface area contributed by atoms with Crippen LogP contribution in [0.1, 0.15) is 10.5 Å². The van der Waals surface area contributed by atoms with Crippen LogP contribution in [0.15, 0.2) is 36.4 Å². The Morgan fingerprint density at radius 3 is 2.44 bits per heavy atom. The third kappa shape index (κ3) is 2.29. The van der Waals surface area contributed by atoms with Crippen LogP contribution in [0, 0.1) is 5.82 Å². The number of carboxylic acid groups (broad SMARTS) is 1. The van der Waals surface area contributed by atoms with E-state index in [2.05, 4.69) is 4.98 Å². The summed E-state index contributed by atoms with van der Waals surface area (Å²) in [6.07, 6.45) is 0. The molecule has 1 heterocycles. The summed E-state index contributed by atoms with van der Waals surface area (Å²) < 4.78 is 17.7. The number of methoxy groups -OCH3 is 1. The molecule has 0 unspecified atom stereocenters. The molecule has 0 atom stereocenters. The van der Waals surface area contributed by atoms with Crippen LogP contribution in [0.2, 0.25) is 0 Å². The summed E-state index contributed by atoms with van der Waals surface area (Å²) in [4.78, 5) is 15.0. The lowest BCUT2D eigenvalue weighted by molar-refractivity contribution is 0.0690. The van der Waals surface area contributed by atoms with Gasteiger partial charge in [-0.1, -0.05) is 12.1 Å². The van der Waals surface area contributed by atoms with E-state index in [-0.39, 0.29) is 17.4 Å². The molecule has 0 saturated carbocycles. The van der Waals surface area contributed by atoms with Gasteiger partial charge < -0.3 is 9.84 Å². The van der Waals surface area contributed by atoms with Gasteiger partial charge in [-0.25, -0.2) is 14.2 Å². The fourth-order valence-electron chi connectivity index (χ4n) is 1.58. The highest BCUT2D eigenvalue weighted by Gasteiger charge is 2.14. The number of hydrogen-bond acceptors (Lipinski definition) is 3. The van der Waals surface area contributed by atoms with Gasteiger partial charge in [-0.05, 0) is 23.8 Å². The molecule has 0 aliphatic heterocycles. The van der Waals surface area contributed by atoms with Crippen LogP contribution in [-0.2, 0) is 0 Å². The van der Waals surface area contributed by atoms with Gasteiger partial charge in [0.25, 0.3) is 0 Å². The number of carbonyl (C=O) groups is 1. The third-order valence-electron chi connectivity index (χ3n) is 2.44. The number of pyridine rings is 1. The topological polar surface area (TPSA) is 59.4 Å². The monoisotopic (exact) mass is 247 g/mol. The summed E-state index contributed by atoms with van der Waals surface area (Å²) in [6.45, 7) is 0. The van der Waals surface area contributed by atoms with E-state index in [4.69, 9.17) is 9.84 Å². The van der Waals surface area contributed by atoms with Gasteiger partial charge in [0.15, 0.2) is 5.69 Å². The summed E-state index contributed by atoms with van der Waals surface area (Å²) in [5, 5.41) is 9.11. The predicted molar refractivity (Wildman–Crippen MR) is 63.1 cm³/mol. The van der Waals surface area contributed by atoms with E-state index in [1.807, 2.05) is 0 Å². The molecule has 1 aromatic carbocycles. The normalized spacial score (nSPS) is 10.1. The molecule has 0 bridgehead atoms. The number of rotatable bonds is 3. The summed E-state index contributed by atoms with van der Waals surface area (Å²) in [6, 6.07) is 8.70. The van der Waals surface area contributed by atoms with E-state index in [1.54, 1.807) is 12.1 Å². The Bertz CT molecular complexity index is 581. The molecular weight excluding hydrogens is 237 g/mol. The standard InChI is InChI=1S/C13H10FNO3/c1-18-11-7-6-10(12(15-11)13(16)17)8-2-4-9(14)5-3-8/h2-7H,1H3,(H,16,17). The second-order valence-corrected chi connectivity index (χ2v) is 3.56. The van der Waals surface area contributed by atoms with E-state index in [1.165, 1.54) is 31.4 Å². The Kier molecular flexibility index (Phi) is 3.23. The summed E-state index contributed by atoms with van der Waals surface area (Å²) in [5.41, 5.74) is 0.883. The summed E-state index contributed by atoms with van der Waals surface area (Å²) in [7, 11) is 1.41. The van der Waals surface area contributed by atoms with Crippen molar-refractivity contribution in [2.45, 2.75) is 0 Å². The maximum atomic E-state index is 12.8. The fraction of sp³-hybridized carbons (Fsp3) is 0.0769. The van der Waals surface area contributed by atoms with Crippen molar-refractivity contribution in [3.63, 3.8) is 0 Å². The molecule has 0 fully saturated rings. The van der Waals surface area contributed by atoms with Crippen molar-refractivity contribution in [2.24, 2.45) is 0 Å². The second-order valence-electron chi connectivity index (χ2n) is 3.56. The highest BCUT2D eigenvalue weighted by atomic mass is 19.1. The van der Waals surface area contributed by atoms with Gasteiger partial charge in [0.1, 0.15) is 5.82 Å². The van der Waals surface area contributed by atoms with Crippen molar-refractivity contribution < 1.29 is 19.0 Å². The van der Waals surface area contributed by atoms with Crippen LogP contribution in [0.3, 0.4) is 0 Å². The van der Waals surface area contributed by atoms with Crippen LogP contribution in [-0.4, -0.2) is 23.2 Å². The first kappa shape index (κ1) is 12.0. The lowest BCUT2D eigenvalue weighted by Crippen LogP contribution is -2.04. The Morgan fingerprint density at radius 1 is 1.22 bits per heavy atom. The van der Waals surface area contributed by atoms with Crippen LogP contribution in [0.5, 0.6) is 5.88 Å². The number of aromatic carboxylic acids is 1. The van der Waals surface area contributed by atoms with E-state index in [0.29, 0.717) is 11.1 Å². The Hall–Kier alpha value is -2.43. The highest BCUT2D eigenvalue weighted by Crippen LogP contribution is 2.25. The van der Waals surface area contributed by atoms with Crippen LogP contribution in [0.4, 0.5) is 4.39 Å². The zero-order valence-corrected chi connectivity index (χ0v) is 9.55. The number of benzene rings is 1. The van der Waals surface area contributed by atoms with Crippen molar-refractivity contribution in [1.29, 1.82) is 0 Å². The molecule has 1 aromatic heterocycles. The van der Waals surface area contributed by atoms with Crippen molar-refractivity contribution in [3.8, 4) is 17.0 Å². The Morgan fingerprint density at radius 2 is 1.89 bits per heavy atom. The number of aromatic nitrogens is 1. The second kappa shape index (κ2) is 4.83. The van der Waals surface area contributed by atoms with Gasteiger partial charge in [-0.2, -0.15) is 0 Å². The molecule has 18 heavy (non-hydrogen) atoms. The quantitative estimate of drug-likeness (QED) is 0.905. The zero-order valence-electron chi connectivity index (χ0n) is 9.55. The molecule has 0 amide bonds. The maximum absolute atomic E-state index is 12.8. The minimum absolute atomic E-state index is 0.124. The first-order valence-corrected chi connectivity index (χ1v) is 5.16. The van der Waals surface area contributed by atoms with Crippen molar-refractivity contribution in [3.05, 3.63) is 47.9 Å². The molecule has 1 N–H and O–H groups in total. The molecule has 0 aliphatic rings. The molecule has 0 spiro atoms. The van der Waals surface area contributed by atoms with Gasteiger partial charge in [0, 0.05) is 11.6 Å². The van der Waals surface area contributed by atoms with Crippen molar-refractivity contribution in [2.75, 3.05) is 7.11 Å². The molecule has 4 nitrogen and oxygen atoms in total. The van der Waals surface area contributed by atoms with Gasteiger partial charge >= 0.3 is 5.97 Å². The average Bonchev–Trinajstić information content (AvgIpc) is 2.39.